The number of benzene rings is 1. The molecule has 0 spiro atoms. The maximum Gasteiger partial charge on any atom is 0.157 e. The Kier molecular flexibility index (Phi) is 7.04. The van der Waals surface area contributed by atoms with Crippen LogP contribution in [0.1, 0.15) is 36.3 Å². The van der Waals surface area contributed by atoms with Crippen LogP contribution in [0, 0.1) is 25.6 Å². The van der Waals surface area contributed by atoms with Gasteiger partial charge in [-0.25, -0.2) is 4.39 Å². The van der Waals surface area contributed by atoms with E-state index in [0.717, 1.165) is 47.5 Å². The van der Waals surface area contributed by atoms with Crippen LogP contribution in [-0.4, -0.2) is 34.8 Å². The fourth-order valence-electron chi connectivity index (χ4n) is 4.10. The highest BCUT2D eigenvalue weighted by atomic mass is 33.1. The van der Waals surface area contributed by atoms with Crippen molar-refractivity contribution in [3.63, 3.8) is 0 Å². The van der Waals surface area contributed by atoms with Gasteiger partial charge in [0.05, 0.1) is 10.9 Å². The van der Waals surface area contributed by atoms with Crippen LogP contribution >= 0.6 is 21.6 Å². The standard InChI is InChI=1S/C24H26FNO3S2/c1-15-13-22(16(2)29-15)31-30-21-9-11-26(14-18-5-3-4-6-20(18)25)23(19(21)10-12-27)24(28)17-7-8-17/h3-6,10,12-13,17,21,23H,7-9,11,14H2,1-2H3/b19-10+. The third-order valence-electron chi connectivity index (χ3n) is 5.82. The fourth-order valence-corrected chi connectivity index (χ4v) is 6.99. The molecule has 0 radical (unpaired) electrons. The summed E-state index contributed by atoms with van der Waals surface area (Å²) in [7, 11) is 3.29. The van der Waals surface area contributed by atoms with Crippen molar-refractivity contribution in [2.75, 3.05) is 6.54 Å². The topological polar surface area (TPSA) is 50.5 Å². The summed E-state index contributed by atoms with van der Waals surface area (Å²) in [4.78, 5) is 27.9. The Bertz CT molecular complexity index is 998. The number of likely N-dealkylation sites (tertiary alicyclic amines) is 1. The summed E-state index contributed by atoms with van der Waals surface area (Å²) >= 11 is 0. The highest BCUT2D eigenvalue weighted by molar-refractivity contribution is 8.77. The van der Waals surface area contributed by atoms with Gasteiger partial charge in [-0.15, -0.1) is 0 Å². The predicted octanol–water partition coefficient (Wildman–Crippen LogP) is 5.52. The van der Waals surface area contributed by atoms with E-state index in [0.29, 0.717) is 18.7 Å². The number of carbonyl (C=O) groups is 2. The third-order valence-corrected chi connectivity index (χ3v) is 8.77. The molecular formula is C24H26FNO3S2. The van der Waals surface area contributed by atoms with Crippen molar-refractivity contribution in [2.24, 2.45) is 5.92 Å². The van der Waals surface area contributed by atoms with Gasteiger partial charge in [-0.05, 0) is 56.9 Å². The molecule has 4 nitrogen and oxygen atoms in total. The number of nitrogens with zero attached hydrogens (tertiary/aromatic N) is 1. The van der Waals surface area contributed by atoms with E-state index in [4.69, 9.17) is 4.42 Å². The highest BCUT2D eigenvalue weighted by Gasteiger charge is 2.43. The van der Waals surface area contributed by atoms with Gasteiger partial charge >= 0.3 is 0 Å². The number of hydrogen-bond donors (Lipinski definition) is 0. The molecule has 0 amide bonds. The minimum Gasteiger partial charge on any atom is -0.465 e. The molecular weight excluding hydrogens is 433 g/mol. The summed E-state index contributed by atoms with van der Waals surface area (Å²) in [5, 5.41) is 0.0365. The van der Waals surface area contributed by atoms with Crippen LogP contribution in [0.15, 0.2) is 51.3 Å². The quantitative estimate of drug-likeness (QED) is 0.294. The summed E-state index contributed by atoms with van der Waals surface area (Å²) in [5.74, 6) is 1.69. The van der Waals surface area contributed by atoms with Gasteiger partial charge in [-0.3, -0.25) is 14.5 Å². The number of aryl methyl sites for hydroxylation is 2. The number of allylic oxidation sites excluding steroid dienone is 1. The molecule has 0 N–H and O–H groups in total. The zero-order valence-electron chi connectivity index (χ0n) is 17.7. The lowest BCUT2D eigenvalue weighted by atomic mass is 9.89. The number of halogens is 1. The van der Waals surface area contributed by atoms with Gasteiger partial charge in [0.15, 0.2) is 5.78 Å². The molecule has 0 bridgehead atoms. The molecule has 2 aliphatic rings. The Morgan fingerprint density at radius 1 is 1.26 bits per heavy atom. The largest absolute Gasteiger partial charge is 0.465 e. The van der Waals surface area contributed by atoms with Gasteiger partial charge in [0, 0.05) is 29.8 Å². The summed E-state index contributed by atoms with van der Waals surface area (Å²) in [6.45, 7) is 4.89. The molecule has 4 rings (SSSR count). The van der Waals surface area contributed by atoms with E-state index in [-0.39, 0.29) is 22.8 Å². The molecule has 2 heterocycles. The van der Waals surface area contributed by atoms with E-state index in [1.54, 1.807) is 39.8 Å². The number of rotatable bonds is 8. The van der Waals surface area contributed by atoms with E-state index >= 15 is 0 Å². The van der Waals surface area contributed by atoms with Crippen molar-refractivity contribution in [3.8, 4) is 0 Å². The van der Waals surface area contributed by atoms with Crippen LogP contribution in [-0.2, 0) is 16.1 Å². The van der Waals surface area contributed by atoms with Gasteiger partial charge in [-0.2, -0.15) is 0 Å². The third kappa shape index (κ3) is 5.16. The van der Waals surface area contributed by atoms with Gasteiger partial charge < -0.3 is 4.42 Å². The lowest BCUT2D eigenvalue weighted by molar-refractivity contribution is -0.125. The molecule has 1 aliphatic heterocycles. The Morgan fingerprint density at radius 2 is 2.03 bits per heavy atom. The second-order valence-corrected chi connectivity index (χ2v) is 10.6. The molecule has 1 aliphatic carbocycles. The first kappa shape index (κ1) is 22.4. The Hall–Kier alpha value is -1.83. The average molecular weight is 460 g/mol. The Morgan fingerprint density at radius 3 is 2.68 bits per heavy atom. The lowest BCUT2D eigenvalue weighted by Crippen LogP contribution is -2.50. The Labute approximate surface area is 190 Å². The van der Waals surface area contributed by atoms with Crippen LogP contribution in [0.4, 0.5) is 4.39 Å². The number of carbonyl (C=O) groups excluding carboxylic acids is 2. The molecule has 2 aromatic rings. The van der Waals surface area contributed by atoms with E-state index in [1.165, 1.54) is 6.07 Å². The van der Waals surface area contributed by atoms with Gasteiger partial charge in [0.2, 0.25) is 0 Å². The van der Waals surface area contributed by atoms with Gasteiger partial charge in [0.25, 0.3) is 0 Å². The number of hydrogen-bond acceptors (Lipinski definition) is 6. The van der Waals surface area contributed by atoms with Crippen LogP contribution in [0.5, 0.6) is 0 Å². The van der Waals surface area contributed by atoms with Gasteiger partial charge in [0.1, 0.15) is 23.6 Å². The molecule has 31 heavy (non-hydrogen) atoms. The highest BCUT2D eigenvalue weighted by Crippen LogP contribution is 2.45. The summed E-state index contributed by atoms with van der Waals surface area (Å²) in [6.07, 6.45) is 4.93. The van der Waals surface area contributed by atoms with Crippen molar-refractivity contribution in [1.82, 2.24) is 4.90 Å². The lowest BCUT2D eigenvalue weighted by Gasteiger charge is -2.40. The molecule has 1 saturated carbocycles. The van der Waals surface area contributed by atoms with Crippen molar-refractivity contribution in [3.05, 3.63) is 64.9 Å². The molecule has 2 fully saturated rings. The number of aldehydes is 1. The molecule has 2 unspecified atom stereocenters. The zero-order chi connectivity index (χ0) is 22.0. The van der Waals surface area contributed by atoms with Crippen LogP contribution in [0.25, 0.3) is 0 Å². The first-order valence-corrected chi connectivity index (χ1v) is 12.8. The summed E-state index contributed by atoms with van der Waals surface area (Å²) in [5.41, 5.74) is 1.41. The number of ketones is 1. The number of furan rings is 1. The minimum atomic E-state index is -0.476. The molecule has 164 valence electrons. The van der Waals surface area contributed by atoms with E-state index in [1.807, 2.05) is 30.9 Å². The second-order valence-electron chi connectivity index (χ2n) is 8.18. The van der Waals surface area contributed by atoms with Crippen LogP contribution in [0.2, 0.25) is 0 Å². The summed E-state index contributed by atoms with van der Waals surface area (Å²) < 4.78 is 19.9. The van der Waals surface area contributed by atoms with Gasteiger partial charge in [-0.1, -0.05) is 39.8 Å². The van der Waals surface area contributed by atoms with Crippen LogP contribution < -0.4 is 0 Å². The van der Waals surface area contributed by atoms with Crippen molar-refractivity contribution < 1.29 is 18.4 Å². The fraction of sp³-hybridized carbons (Fsp3) is 0.417. The summed E-state index contributed by atoms with van der Waals surface area (Å²) in [6, 6.07) is 8.23. The van der Waals surface area contributed by atoms with E-state index in [2.05, 4.69) is 0 Å². The maximum atomic E-state index is 14.3. The minimum absolute atomic E-state index is 0.0365. The molecule has 1 saturated heterocycles. The molecule has 1 aromatic heterocycles. The average Bonchev–Trinajstić information content (AvgIpc) is 3.54. The van der Waals surface area contributed by atoms with E-state index in [9.17, 15) is 14.0 Å². The second kappa shape index (κ2) is 9.76. The number of Topliss-reactive ketones (excluding diaryl/α,β-unsaturated/α-hetero) is 1. The maximum absolute atomic E-state index is 14.3. The molecule has 2 atom stereocenters. The first-order chi connectivity index (χ1) is 15.0. The normalized spacial score (nSPS) is 23.3. The smallest absolute Gasteiger partial charge is 0.157 e. The van der Waals surface area contributed by atoms with Crippen molar-refractivity contribution in [1.29, 1.82) is 0 Å². The SMILES string of the molecule is Cc1cc(SSC2CCN(Cc3ccccc3F)C(C(=O)C3CC3)/C2=C/C=O)c(C)o1. The zero-order valence-corrected chi connectivity index (χ0v) is 19.3. The van der Waals surface area contributed by atoms with Crippen LogP contribution in [0.3, 0.4) is 0 Å². The van der Waals surface area contributed by atoms with Crippen molar-refractivity contribution >= 4 is 33.7 Å². The monoisotopic (exact) mass is 459 g/mol. The Balaban J connectivity index is 1.58. The molecule has 7 heteroatoms. The van der Waals surface area contributed by atoms with Crippen molar-refractivity contribution in [2.45, 2.75) is 55.8 Å². The predicted molar refractivity (Wildman–Crippen MR) is 123 cm³/mol. The first-order valence-electron chi connectivity index (χ1n) is 10.5. The molecule has 1 aromatic carbocycles. The van der Waals surface area contributed by atoms with E-state index < -0.39 is 6.04 Å². The number of piperidine rings is 1.